The van der Waals surface area contributed by atoms with Crippen molar-refractivity contribution in [1.82, 2.24) is 5.32 Å². The van der Waals surface area contributed by atoms with E-state index in [0.29, 0.717) is 43.3 Å². The first kappa shape index (κ1) is 23.5. The Bertz CT molecular complexity index is 730. The topological polar surface area (TPSA) is 86.3 Å². The predicted octanol–water partition coefficient (Wildman–Crippen LogP) is 2.60. The summed E-state index contributed by atoms with van der Waals surface area (Å²) < 4.78 is 21.7. The molecule has 0 aromatic heterocycles. The lowest BCUT2D eigenvalue weighted by molar-refractivity contribution is -0.122. The monoisotopic (exact) mass is 417 g/mol. The Morgan fingerprint density at radius 3 is 2.37 bits per heavy atom. The van der Waals surface area contributed by atoms with Gasteiger partial charge < -0.3 is 29.4 Å². The smallest absolute Gasteiger partial charge is 0.220 e. The van der Waals surface area contributed by atoms with E-state index < -0.39 is 6.10 Å². The normalized spacial score (nSPS) is 11.6. The molecule has 0 spiro atoms. The van der Waals surface area contributed by atoms with Gasteiger partial charge in [0.15, 0.2) is 11.5 Å². The summed E-state index contributed by atoms with van der Waals surface area (Å²) in [5.41, 5.74) is 1.23. The number of carbonyl (C=O) groups excluding carboxylic acids is 1. The van der Waals surface area contributed by atoms with Gasteiger partial charge in [0.2, 0.25) is 11.7 Å². The van der Waals surface area contributed by atoms with Gasteiger partial charge in [0.25, 0.3) is 0 Å². The van der Waals surface area contributed by atoms with E-state index in [1.165, 1.54) is 19.8 Å². The summed E-state index contributed by atoms with van der Waals surface area (Å²) in [6, 6.07) is 15.4. The molecule has 0 fully saturated rings. The zero-order valence-corrected chi connectivity index (χ0v) is 17.6. The largest absolute Gasteiger partial charge is 0.493 e. The van der Waals surface area contributed by atoms with Crippen molar-refractivity contribution >= 4 is 5.91 Å². The van der Waals surface area contributed by atoms with E-state index >= 15 is 0 Å². The molecule has 30 heavy (non-hydrogen) atoms. The first-order chi connectivity index (χ1) is 14.6. The maximum absolute atomic E-state index is 11.9. The van der Waals surface area contributed by atoms with Crippen LogP contribution in [0.25, 0.3) is 0 Å². The van der Waals surface area contributed by atoms with Crippen molar-refractivity contribution in [2.24, 2.45) is 0 Å². The molecule has 2 N–H and O–H groups in total. The van der Waals surface area contributed by atoms with Gasteiger partial charge in [-0.3, -0.25) is 4.79 Å². The van der Waals surface area contributed by atoms with Gasteiger partial charge in [-0.1, -0.05) is 36.4 Å². The molecule has 0 aliphatic carbocycles. The highest BCUT2D eigenvalue weighted by molar-refractivity contribution is 5.75. The number of amides is 1. The van der Waals surface area contributed by atoms with Gasteiger partial charge in [-0.05, 0) is 30.5 Å². The maximum atomic E-state index is 11.9. The molecule has 2 aromatic rings. The molecule has 1 unspecified atom stereocenters. The lowest BCUT2D eigenvalue weighted by atomic mass is 10.2. The first-order valence-electron chi connectivity index (χ1n) is 10.0. The minimum absolute atomic E-state index is 0.000386. The summed E-state index contributed by atoms with van der Waals surface area (Å²) in [6.07, 6.45) is 0.979. The Balaban J connectivity index is 1.57. The zero-order chi connectivity index (χ0) is 21.6. The number of methoxy groups -OCH3 is 2. The summed E-state index contributed by atoms with van der Waals surface area (Å²) in [7, 11) is 3.06. The van der Waals surface area contributed by atoms with Crippen LogP contribution in [0.3, 0.4) is 0 Å². The Labute approximate surface area is 177 Å². The molecule has 7 heteroatoms. The molecule has 164 valence electrons. The summed E-state index contributed by atoms with van der Waals surface area (Å²) in [4.78, 5) is 11.9. The van der Waals surface area contributed by atoms with Crippen LogP contribution >= 0.6 is 0 Å². The molecule has 2 aromatic carbocycles. The van der Waals surface area contributed by atoms with Gasteiger partial charge >= 0.3 is 0 Å². The first-order valence-corrected chi connectivity index (χ1v) is 10.0. The van der Waals surface area contributed by atoms with Crippen LogP contribution in [-0.2, 0) is 16.0 Å². The number of ether oxygens (including phenoxy) is 4. The van der Waals surface area contributed by atoms with Crippen molar-refractivity contribution in [3.63, 3.8) is 0 Å². The number of hydrogen-bond donors (Lipinski definition) is 2. The van der Waals surface area contributed by atoms with Gasteiger partial charge in [0.05, 0.1) is 20.8 Å². The molecule has 0 bridgehead atoms. The van der Waals surface area contributed by atoms with Crippen LogP contribution in [0.2, 0.25) is 0 Å². The van der Waals surface area contributed by atoms with E-state index in [2.05, 4.69) is 17.4 Å². The average molecular weight is 418 g/mol. The number of aliphatic hydroxyl groups is 1. The highest BCUT2D eigenvalue weighted by Gasteiger charge is 2.14. The number of nitrogens with one attached hydrogen (secondary N) is 1. The Morgan fingerprint density at radius 2 is 1.70 bits per heavy atom. The van der Waals surface area contributed by atoms with Crippen LogP contribution < -0.4 is 19.5 Å². The fourth-order valence-electron chi connectivity index (χ4n) is 2.79. The van der Waals surface area contributed by atoms with Crippen molar-refractivity contribution in [3.05, 3.63) is 54.1 Å². The van der Waals surface area contributed by atoms with Crippen LogP contribution in [0, 0.1) is 0 Å². The molecule has 1 amide bonds. The van der Waals surface area contributed by atoms with Crippen molar-refractivity contribution in [1.29, 1.82) is 0 Å². The molecule has 2 rings (SSSR count). The molecule has 0 saturated heterocycles. The van der Waals surface area contributed by atoms with Crippen LogP contribution in [0.4, 0.5) is 0 Å². The summed E-state index contributed by atoms with van der Waals surface area (Å²) in [5, 5.41) is 12.8. The molecule has 0 heterocycles. The zero-order valence-electron chi connectivity index (χ0n) is 17.6. The van der Waals surface area contributed by atoms with E-state index in [-0.39, 0.29) is 19.1 Å². The van der Waals surface area contributed by atoms with Crippen LogP contribution in [0.5, 0.6) is 17.2 Å². The van der Waals surface area contributed by atoms with Crippen LogP contribution in [-0.4, -0.2) is 57.7 Å². The van der Waals surface area contributed by atoms with Crippen LogP contribution in [0.15, 0.2) is 48.5 Å². The lowest BCUT2D eigenvalue weighted by Crippen LogP contribution is -2.35. The quantitative estimate of drug-likeness (QED) is 0.460. The third-order valence-corrected chi connectivity index (χ3v) is 4.41. The van der Waals surface area contributed by atoms with E-state index in [1.54, 1.807) is 18.2 Å². The molecule has 1 atom stereocenters. The lowest BCUT2D eigenvalue weighted by Gasteiger charge is -2.17. The van der Waals surface area contributed by atoms with Gasteiger partial charge in [-0.2, -0.15) is 0 Å². The number of aliphatic hydroxyl groups excluding tert-OH is 1. The third kappa shape index (κ3) is 8.31. The fourth-order valence-corrected chi connectivity index (χ4v) is 2.79. The fraction of sp³-hybridized carbons (Fsp3) is 0.435. The highest BCUT2D eigenvalue weighted by Crippen LogP contribution is 2.36. The second-order valence-electron chi connectivity index (χ2n) is 6.71. The number of carbonyl (C=O) groups is 1. The van der Waals surface area contributed by atoms with Crippen LogP contribution in [0.1, 0.15) is 18.4 Å². The van der Waals surface area contributed by atoms with E-state index in [1.807, 2.05) is 18.2 Å². The molecular weight excluding hydrogens is 386 g/mol. The summed E-state index contributed by atoms with van der Waals surface area (Å²) in [5.74, 6) is 1.31. The van der Waals surface area contributed by atoms with Gasteiger partial charge in [-0.25, -0.2) is 0 Å². The van der Waals surface area contributed by atoms with Gasteiger partial charge in [-0.15, -0.1) is 0 Å². The van der Waals surface area contributed by atoms with Crippen molar-refractivity contribution in [2.45, 2.75) is 25.4 Å². The number of hydrogen-bond acceptors (Lipinski definition) is 6. The van der Waals surface area contributed by atoms with E-state index in [4.69, 9.17) is 18.9 Å². The van der Waals surface area contributed by atoms with E-state index in [9.17, 15) is 9.90 Å². The Morgan fingerprint density at radius 1 is 1.00 bits per heavy atom. The maximum Gasteiger partial charge on any atom is 0.220 e. The molecule has 7 nitrogen and oxygen atoms in total. The molecule has 0 radical (unpaired) electrons. The van der Waals surface area contributed by atoms with E-state index in [0.717, 1.165) is 6.42 Å². The van der Waals surface area contributed by atoms with Crippen molar-refractivity contribution < 1.29 is 28.8 Å². The highest BCUT2D eigenvalue weighted by atomic mass is 16.5. The molecule has 0 saturated carbocycles. The summed E-state index contributed by atoms with van der Waals surface area (Å²) in [6.45, 7) is 1.26. The number of rotatable bonds is 14. The van der Waals surface area contributed by atoms with Gasteiger partial charge in [0.1, 0.15) is 12.7 Å². The minimum Gasteiger partial charge on any atom is -0.493 e. The number of para-hydroxylation sites is 1. The Hall–Kier alpha value is -2.77. The van der Waals surface area contributed by atoms with Crippen molar-refractivity contribution in [3.8, 4) is 17.2 Å². The second-order valence-corrected chi connectivity index (χ2v) is 6.71. The second kappa shape index (κ2) is 13.5. The third-order valence-electron chi connectivity index (χ3n) is 4.41. The Kier molecular flexibility index (Phi) is 10.5. The minimum atomic E-state index is -0.856. The summed E-state index contributed by atoms with van der Waals surface area (Å²) >= 11 is 0. The standard InChI is InChI=1S/C23H31NO6/c1-27-20-10-6-11-21(28-2)23(20)30-17-19(25)16-24-22(26)12-7-14-29-15-13-18-8-4-3-5-9-18/h3-6,8-11,19,25H,7,12-17H2,1-2H3,(H,24,26). The SMILES string of the molecule is COc1cccc(OC)c1OCC(O)CNC(=O)CCCOCCc1ccccc1. The number of benzene rings is 2. The van der Waals surface area contributed by atoms with Gasteiger partial charge in [0, 0.05) is 19.6 Å². The molecule has 0 aliphatic rings. The molecule has 0 aliphatic heterocycles. The predicted molar refractivity (Wildman–Crippen MR) is 114 cm³/mol. The average Bonchev–Trinajstić information content (AvgIpc) is 2.78. The van der Waals surface area contributed by atoms with Crippen molar-refractivity contribution in [2.75, 3.05) is 40.6 Å². The molecular formula is C23H31NO6.